The fraction of sp³-hybridized carbons (Fsp3) is 0.176. The second-order valence-electron chi connectivity index (χ2n) is 5.08. The van der Waals surface area contributed by atoms with E-state index in [2.05, 4.69) is 10.5 Å². The van der Waals surface area contributed by atoms with Crippen LogP contribution in [0.15, 0.2) is 52.5 Å². The summed E-state index contributed by atoms with van der Waals surface area (Å²) in [4.78, 5) is 12.8. The number of carbonyl (C=O) groups is 1. The van der Waals surface area contributed by atoms with Crippen molar-refractivity contribution >= 4 is 23.4 Å². The number of rotatable bonds is 4. The van der Waals surface area contributed by atoms with Gasteiger partial charge >= 0.3 is 0 Å². The molecular formula is C17H14F2N2O2S. The molecule has 1 aliphatic rings. The lowest BCUT2D eigenvalue weighted by Gasteiger charge is -2.17. The highest BCUT2D eigenvalue weighted by Gasteiger charge is 2.17. The van der Waals surface area contributed by atoms with E-state index in [-0.39, 0.29) is 18.2 Å². The molecule has 1 amide bonds. The minimum atomic E-state index is -0.442. The van der Waals surface area contributed by atoms with Gasteiger partial charge in [-0.1, -0.05) is 0 Å². The highest BCUT2D eigenvalue weighted by Crippen LogP contribution is 2.30. The van der Waals surface area contributed by atoms with Crippen LogP contribution in [0.4, 0.5) is 8.78 Å². The smallest absolute Gasteiger partial charge is 0.277 e. The third-order valence-electron chi connectivity index (χ3n) is 3.35. The largest absolute Gasteiger partial charge is 0.484 e. The minimum absolute atomic E-state index is 0.243. The molecule has 0 bridgehead atoms. The van der Waals surface area contributed by atoms with E-state index in [9.17, 15) is 13.6 Å². The van der Waals surface area contributed by atoms with Gasteiger partial charge in [0, 0.05) is 22.6 Å². The van der Waals surface area contributed by atoms with E-state index in [0.717, 1.165) is 10.6 Å². The van der Waals surface area contributed by atoms with E-state index in [0.29, 0.717) is 23.4 Å². The number of halogens is 2. The van der Waals surface area contributed by atoms with Gasteiger partial charge in [-0.2, -0.15) is 5.10 Å². The third kappa shape index (κ3) is 4.11. The fourth-order valence-corrected chi connectivity index (χ4v) is 3.22. The second-order valence-corrected chi connectivity index (χ2v) is 6.21. The van der Waals surface area contributed by atoms with E-state index in [4.69, 9.17) is 4.74 Å². The van der Waals surface area contributed by atoms with Gasteiger partial charge in [0.15, 0.2) is 6.61 Å². The van der Waals surface area contributed by atoms with Crippen molar-refractivity contribution in [1.82, 2.24) is 5.43 Å². The molecular weight excluding hydrogens is 334 g/mol. The number of hydrogen-bond donors (Lipinski definition) is 1. The molecule has 0 aromatic heterocycles. The molecule has 2 aromatic rings. The first-order chi connectivity index (χ1) is 11.6. The second kappa shape index (κ2) is 7.44. The van der Waals surface area contributed by atoms with E-state index in [1.165, 1.54) is 36.4 Å². The van der Waals surface area contributed by atoms with Gasteiger partial charge in [0.05, 0.1) is 5.71 Å². The van der Waals surface area contributed by atoms with Crippen molar-refractivity contribution in [1.29, 1.82) is 0 Å². The van der Waals surface area contributed by atoms with Crippen LogP contribution < -0.4 is 10.2 Å². The first-order valence-corrected chi connectivity index (χ1v) is 8.27. The van der Waals surface area contributed by atoms with Crippen LogP contribution in [0.5, 0.6) is 5.75 Å². The number of nitrogens with one attached hydrogen (secondary N) is 1. The zero-order valence-corrected chi connectivity index (χ0v) is 13.4. The lowest BCUT2D eigenvalue weighted by atomic mass is 10.1. The Kier molecular flexibility index (Phi) is 5.10. The van der Waals surface area contributed by atoms with Gasteiger partial charge in [-0.05, 0) is 42.5 Å². The summed E-state index contributed by atoms with van der Waals surface area (Å²) in [5.41, 5.74) is 3.75. The number of benzene rings is 2. The molecule has 7 heteroatoms. The summed E-state index contributed by atoms with van der Waals surface area (Å²) < 4.78 is 31.4. The molecule has 0 atom stereocenters. The Morgan fingerprint density at radius 1 is 1.17 bits per heavy atom. The highest BCUT2D eigenvalue weighted by atomic mass is 32.2. The van der Waals surface area contributed by atoms with E-state index in [1.54, 1.807) is 17.8 Å². The Labute approximate surface area is 141 Å². The predicted molar refractivity (Wildman–Crippen MR) is 88.3 cm³/mol. The summed E-state index contributed by atoms with van der Waals surface area (Å²) in [7, 11) is 0. The van der Waals surface area contributed by atoms with Gasteiger partial charge in [0.2, 0.25) is 0 Å². The standard InChI is InChI=1S/C17H14F2N2O2S/c18-11-1-4-13(5-2-11)23-10-17(22)21-20-15-7-8-24-16-6-3-12(19)9-14(15)16/h1-6,9H,7-8,10H2,(H,21,22). The summed E-state index contributed by atoms with van der Waals surface area (Å²) in [5.74, 6) is 0.0530. The monoisotopic (exact) mass is 348 g/mol. The van der Waals surface area contributed by atoms with E-state index >= 15 is 0 Å². The minimum Gasteiger partial charge on any atom is -0.484 e. The molecule has 24 heavy (non-hydrogen) atoms. The van der Waals surface area contributed by atoms with Crippen molar-refractivity contribution in [2.24, 2.45) is 5.10 Å². The third-order valence-corrected chi connectivity index (χ3v) is 4.42. The maximum absolute atomic E-state index is 13.4. The van der Waals surface area contributed by atoms with Crippen LogP contribution in [0.2, 0.25) is 0 Å². The molecule has 0 spiro atoms. The number of hydrazone groups is 1. The van der Waals surface area contributed by atoms with Crippen molar-refractivity contribution in [2.45, 2.75) is 11.3 Å². The predicted octanol–water partition coefficient (Wildman–Crippen LogP) is 3.36. The molecule has 1 heterocycles. The average molecular weight is 348 g/mol. The first-order valence-electron chi connectivity index (χ1n) is 7.28. The van der Waals surface area contributed by atoms with Crippen LogP contribution in [0.25, 0.3) is 0 Å². The molecule has 0 unspecified atom stereocenters. The van der Waals surface area contributed by atoms with Crippen LogP contribution in [-0.4, -0.2) is 24.0 Å². The van der Waals surface area contributed by atoms with E-state index < -0.39 is 5.91 Å². The number of carbonyl (C=O) groups excluding carboxylic acids is 1. The molecule has 0 saturated carbocycles. The van der Waals surface area contributed by atoms with Crippen LogP contribution in [0, 0.1) is 11.6 Å². The molecule has 0 fully saturated rings. The van der Waals surface area contributed by atoms with Crippen molar-refractivity contribution < 1.29 is 18.3 Å². The summed E-state index contributed by atoms with van der Waals surface area (Å²) in [6.07, 6.45) is 0.639. The molecule has 2 aromatic carbocycles. The Bertz CT molecular complexity index is 779. The fourth-order valence-electron chi connectivity index (χ4n) is 2.20. The molecule has 124 valence electrons. The van der Waals surface area contributed by atoms with Crippen LogP contribution in [0.3, 0.4) is 0 Å². The van der Waals surface area contributed by atoms with Gasteiger partial charge in [0.1, 0.15) is 17.4 Å². The Morgan fingerprint density at radius 2 is 1.92 bits per heavy atom. The Balaban J connectivity index is 1.61. The number of hydrogen-bond acceptors (Lipinski definition) is 4. The molecule has 0 saturated heterocycles. The number of ether oxygens (including phenoxy) is 1. The normalized spacial score (nSPS) is 15.0. The topological polar surface area (TPSA) is 50.7 Å². The maximum atomic E-state index is 13.4. The summed E-state index contributed by atoms with van der Waals surface area (Å²) in [6, 6.07) is 9.91. The lowest BCUT2D eigenvalue weighted by Crippen LogP contribution is -2.26. The summed E-state index contributed by atoms with van der Waals surface area (Å²) >= 11 is 1.63. The van der Waals surface area contributed by atoms with Gasteiger partial charge in [0.25, 0.3) is 5.91 Å². The number of amides is 1. The average Bonchev–Trinajstić information content (AvgIpc) is 2.59. The number of fused-ring (bicyclic) bond motifs is 1. The van der Waals surface area contributed by atoms with Crippen LogP contribution in [-0.2, 0) is 4.79 Å². The summed E-state index contributed by atoms with van der Waals surface area (Å²) in [6.45, 7) is -0.243. The molecule has 4 nitrogen and oxygen atoms in total. The van der Waals surface area contributed by atoms with Gasteiger partial charge in [-0.15, -0.1) is 11.8 Å². The van der Waals surface area contributed by atoms with Gasteiger partial charge in [-0.25, -0.2) is 14.2 Å². The molecule has 3 rings (SSSR count). The highest BCUT2D eigenvalue weighted by molar-refractivity contribution is 7.99. The van der Waals surface area contributed by atoms with Gasteiger partial charge in [-0.3, -0.25) is 4.79 Å². The van der Waals surface area contributed by atoms with Crippen molar-refractivity contribution in [3.8, 4) is 5.75 Å². The molecule has 0 radical (unpaired) electrons. The molecule has 1 aliphatic heterocycles. The lowest BCUT2D eigenvalue weighted by molar-refractivity contribution is -0.123. The maximum Gasteiger partial charge on any atom is 0.277 e. The van der Waals surface area contributed by atoms with E-state index in [1.807, 2.05) is 0 Å². The molecule has 0 aliphatic carbocycles. The Morgan fingerprint density at radius 3 is 2.71 bits per heavy atom. The Hall–Kier alpha value is -2.41. The SMILES string of the molecule is O=C(COc1ccc(F)cc1)NN=C1CCSc2ccc(F)cc21. The van der Waals surface area contributed by atoms with Crippen LogP contribution in [0.1, 0.15) is 12.0 Å². The quantitative estimate of drug-likeness (QED) is 0.862. The number of thioether (sulfide) groups is 1. The van der Waals surface area contributed by atoms with Crippen LogP contribution >= 0.6 is 11.8 Å². The molecule has 1 N–H and O–H groups in total. The summed E-state index contributed by atoms with van der Waals surface area (Å²) in [5, 5.41) is 4.09. The van der Waals surface area contributed by atoms with Crippen molar-refractivity contribution in [3.05, 3.63) is 59.7 Å². The van der Waals surface area contributed by atoms with Crippen molar-refractivity contribution in [2.75, 3.05) is 12.4 Å². The zero-order chi connectivity index (χ0) is 16.9. The zero-order valence-electron chi connectivity index (χ0n) is 12.6. The van der Waals surface area contributed by atoms with Gasteiger partial charge < -0.3 is 4.74 Å². The van der Waals surface area contributed by atoms with Crippen molar-refractivity contribution in [3.63, 3.8) is 0 Å². The first kappa shape index (κ1) is 16.4. The number of nitrogens with zero attached hydrogens (tertiary/aromatic N) is 1.